The molecule has 122 valence electrons. The van der Waals surface area contributed by atoms with E-state index in [1.165, 1.54) is 36.0 Å². The molecule has 1 atom stereocenters. The Morgan fingerprint density at radius 1 is 1.13 bits per heavy atom. The predicted octanol–water partition coefficient (Wildman–Crippen LogP) is 4.14. The van der Waals surface area contributed by atoms with E-state index in [4.69, 9.17) is 4.74 Å². The molecule has 3 nitrogen and oxygen atoms in total. The highest BCUT2D eigenvalue weighted by Gasteiger charge is 2.17. The van der Waals surface area contributed by atoms with Gasteiger partial charge < -0.3 is 4.74 Å². The van der Waals surface area contributed by atoms with E-state index in [2.05, 4.69) is 47.1 Å². The van der Waals surface area contributed by atoms with Crippen LogP contribution in [0.1, 0.15) is 31.7 Å². The van der Waals surface area contributed by atoms with Gasteiger partial charge in [0.1, 0.15) is 0 Å². The normalized spacial score (nSPS) is 18.3. The van der Waals surface area contributed by atoms with Crippen LogP contribution in [0.3, 0.4) is 0 Å². The largest absolute Gasteiger partial charge is 0.377 e. The summed E-state index contributed by atoms with van der Waals surface area (Å²) in [5, 5.41) is 0. The maximum Gasteiger partial charge on any atom is 0.0702 e. The number of aromatic nitrogens is 1. The van der Waals surface area contributed by atoms with Crippen LogP contribution in [0.25, 0.3) is 11.1 Å². The van der Waals surface area contributed by atoms with E-state index >= 15 is 0 Å². The van der Waals surface area contributed by atoms with E-state index in [0.29, 0.717) is 6.10 Å². The molecule has 3 rings (SSSR count). The fraction of sp³-hybridized carbons (Fsp3) is 0.450. The molecule has 1 saturated heterocycles. The zero-order valence-electron chi connectivity index (χ0n) is 13.9. The summed E-state index contributed by atoms with van der Waals surface area (Å²) in [6.45, 7) is 6.25. The highest BCUT2D eigenvalue weighted by atomic mass is 16.5. The third kappa shape index (κ3) is 4.63. The molecule has 3 heteroatoms. The molecule has 1 aromatic carbocycles. The quantitative estimate of drug-likeness (QED) is 0.802. The van der Waals surface area contributed by atoms with Gasteiger partial charge >= 0.3 is 0 Å². The standard InChI is InChI=1S/C20H26N2O/c1-2-22(16-20-7-3-4-13-23-20)15-17-8-10-18(11-9-17)19-6-5-12-21-14-19/h5-6,8-12,14,20H,2-4,7,13,15-16H2,1H3. The Kier molecular flexibility index (Phi) is 5.78. The molecule has 0 N–H and O–H groups in total. The van der Waals surface area contributed by atoms with Gasteiger partial charge in [-0.2, -0.15) is 0 Å². The predicted molar refractivity (Wildman–Crippen MR) is 94.2 cm³/mol. The fourth-order valence-electron chi connectivity index (χ4n) is 3.14. The van der Waals surface area contributed by atoms with Crippen molar-refractivity contribution in [3.05, 3.63) is 54.4 Å². The van der Waals surface area contributed by atoms with Gasteiger partial charge in [0.2, 0.25) is 0 Å². The number of ether oxygens (including phenoxy) is 1. The lowest BCUT2D eigenvalue weighted by Gasteiger charge is -2.29. The van der Waals surface area contributed by atoms with Crippen LogP contribution in [0.15, 0.2) is 48.8 Å². The number of hydrogen-bond acceptors (Lipinski definition) is 3. The van der Waals surface area contributed by atoms with Gasteiger partial charge in [-0.25, -0.2) is 0 Å². The van der Waals surface area contributed by atoms with Gasteiger partial charge in [0.05, 0.1) is 6.10 Å². The van der Waals surface area contributed by atoms with Crippen molar-refractivity contribution in [2.45, 2.75) is 38.8 Å². The summed E-state index contributed by atoms with van der Waals surface area (Å²) in [6, 6.07) is 12.9. The first-order valence-electron chi connectivity index (χ1n) is 8.68. The minimum Gasteiger partial charge on any atom is -0.377 e. The van der Waals surface area contributed by atoms with Crippen LogP contribution < -0.4 is 0 Å². The monoisotopic (exact) mass is 310 g/mol. The van der Waals surface area contributed by atoms with E-state index in [-0.39, 0.29) is 0 Å². The molecule has 2 heterocycles. The van der Waals surface area contributed by atoms with Gasteiger partial charge in [0.25, 0.3) is 0 Å². The Morgan fingerprint density at radius 3 is 2.65 bits per heavy atom. The molecule has 1 aromatic heterocycles. The van der Waals surface area contributed by atoms with Gasteiger partial charge in [-0.3, -0.25) is 9.88 Å². The Labute approximate surface area is 139 Å². The zero-order chi connectivity index (χ0) is 15.9. The van der Waals surface area contributed by atoms with Crippen molar-refractivity contribution in [3.63, 3.8) is 0 Å². The van der Waals surface area contributed by atoms with Crippen molar-refractivity contribution >= 4 is 0 Å². The Morgan fingerprint density at radius 2 is 2.00 bits per heavy atom. The maximum atomic E-state index is 5.88. The van der Waals surface area contributed by atoms with Gasteiger partial charge in [0, 0.05) is 32.1 Å². The van der Waals surface area contributed by atoms with Crippen LogP contribution in [0.5, 0.6) is 0 Å². The Bertz CT molecular complexity index is 576. The average Bonchev–Trinajstić information content (AvgIpc) is 2.63. The molecule has 1 aliphatic rings. The van der Waals surface area contributed by atoms with Crippen molar-refractivity contribution in [2.24, 2.45) is 0 Å². The van der Waals surface area contributed by atoms with E-state index in [0.717, 1.165) is 26.2 Å². The molecular formula is C20H26N2O. The third-order valence-electron chi connectivity index (χ3n) is 4.54. The lowest BCUT2D eigenvalue weighted by atomic mass is 10.0. The second-order valence-corrected chi connectivity index (χ2v) is 6.25. The summed E-state index contributed by atoms with van der Waals surface area (Å²) in [5.41, 5.74) is 3.75. The summed E-state index contributed by atoms with van der Waals surface area (Å²) >= 11 is 0. The van der Waals surface area contributed by atoms with Gasteiger partial charge in [-0.15, -0.1) is 0 Å². The summed E-state index contributed by atoms with van der Waals surface area (Å²) in [6.07, 6.45) is 7.87. The molecule has 2 aromatic rings. The Balaban J connectivity index is 1.60. The first kappa shape index (κ1) is 16.2. The van der Waals surface area contributed by atoms with Gasteiger partial charge in [-0.05, 0) is 48.6 Å². The van der Waals surface area contributed by atoms with Crippen LogP contribution in [-0.4, -0.2) is 35.7 Å². The van der Waals surface area contributed by atoms with Crippen molar-refractivity contribution in [1.82, 2.24) is 9.88 Å². The first-order chi connectivity index (χ1) is 11.3. The third-order valence-corrected chi connectivity index (χ3v) is 4.54. The SMILES string of the molecule is CCN(Cc1ccc(-c2cccnc2)cc1)CC1CCCCO1. The topological polar surface area (TPSA) is 25.4 Å². The van der Waals surface area contributed by atoms with E-state index in [9.17, 15) is 0 Å². The van der Waals surface area contributed by atoms with E-state index < -0.39 is 0 Å². The number of nitrogens with zero attached hydrogens (tertiary/aromatic N) is 2. The lowest BCUT2D eigenvalue weighted by molar-refractivity contribution is -0.00623. The molecular weight excluding hydrogens is 284 g/mol. The van der Waals surface area contributed by atoms with Crippen molar-refractivity contribution < 1.29 is 4.74 Å². The Hall–Kier alpha value is -1.71. The summed E-state index contributed by atoms with van der Waals surface area (Å²) < 4.78 is 5.88. The molecule has 0 radical (unpaired) electrons. The van der Waals surface area contributed by atoms with Crippen LogP contribution in [0, 0.1) is 0 Å². The first-order valence-corrected chi connectivity index (χ1v) is 8.68. The molecule has 0 aliphatic carbocycles. The highest BCUT2D eigenvalue weighted by molar-refractivity contribution is 5.62. The molecule has 23 heavy (non-hydrogen) atoms. The van der Waals surface area contributed by atoms with Crippen LogP contribution >= 0.6 is 0 Å². The summed E-state index contributed by atoms with van der Waals surface area (Å²) in [7, 11) is 0. The van der Waals surface area contributed by atoms with Crippen LogP contribution in [0.2, 0.25) is 0 Å². The van der Waals surface area contributed by atoms with Gasteiger partial charge in [0.15, 0.2) is 0 Å². The van der Waals surface area contributed by atoms with Crippen molar-refractivity contribution in [2.75, 3.05) is 19.7 Å². The molecule has 1 fully saturated rings. The number of likely N-dealkylation sites (N-methyl/N-ethyl adjacent to an activating group) is 1. The minimum absolute atomic E-state index is 0.415. The second kappa shape index (κ2) is 8.23. The number of rotatable bonds is 6. The van der Waals surface area contributed by atoms with Crippen LogP contribution in [-0.2, 0) is 11.3 Å². The number of hydrogen-bond donors (Lipinski definition) is 0. The average molecular weight is 310 g/mol. The molecule has 0 saturated carbocycles. The number of benzene rings is 1. The molecule has 1 aliphatic heterocycles. The van der Waals surface area contributed by atoms with E-state index in [1.54, 1.807) is 0 Å². The van der Waals surface area contributed by atoms with Crippen molar-refractivity contribution in [3.8, 4) is 11.1 Å². The van der Waals surface area contributed by atoms with Crippen LogP contribution in [0.4, 0.5) is 0 Å². The molecule has 0 bridgehead atoms. The minimum atomic E-state index is 0.415. The van der Waals surface area contributed by atoms with Gasteiger partial charge in [-0.1, -0.05) is 37.3 Å². The lowest BCUT2D eigenvalue weighted by Crippen LogP contribution is -2.35. The number of pyridine rings is 1. The second-order valence-electron chi connectivity index (χ2n) is 6.25. The van der Waals surface area contributed by atoms with Crippen molar-refractivity contribution in [1.29, 1.82) is 0 Å². The molecule has 0 amide bonds. The maximum absolute atomic E-state index is 5.88. The fourth-order valence-corrected chi connectivity index (χ4v) is 3.14. The molecule has 1 unspecified atom stereocenters. The highest BCUT2D eigenvalue weighted by Crippen LogP contribution is 2.20. The zero-order valence-corrected chi connectivity index (χ0v) is 13.9. The smallest absolute Gasteiger partial charge is 0.0702 e. The van der Waals surface area contributed by atoms with E-state index in [1.807, 2.05) is 18.5 Å². The summed E-state index contributed by atoms with van der Waals surface area (Å²) in [4.78, 5) is 6.67. The molecule has 0 spiro atoms. The summed E-state index contributed by atoms with van der Waals surface area (Å²) in [5.74, 6) is 0.